The van der Waals surface area contributed by atoms with Crippen molar-refractivity contribution in [1.82, 2.24) is 0 Å². The van der Waals surface area contributed by atoms with Crippen molar-refractivity contribution in [3.8, 4) is 0 Å². The topological polar surface area (TPSA) is 58.5 Å². The third-order valence-corrected chi connectivity index (χ3v) is 1.66. The first-order chi connectivity index (χ1) is 5.61. The van der Waals surface area contributed by atoms with E-state index in [1.54, 1.807) is 0 Å². The van der Waals surface area contributed by atoms with Crippen LogP contribution < -0.4 is 21.7 Å². The van der Waals surface area contributed by atoms with Crippen LogP contribution in [0.3, 0.4) is 0 Å². The van der Waals surface area contributed by atoms with Crippen molar-refractivity contribution in [1.29, 1.82) is 0 Å². The summed E-state index contributed by atoms with van der Waals surface area (Å²) in [5.74, 6) is 10.7. The molecule has 0 radical (unpaired) electrons. The minimum atomic E-state index is 0.792. The first-order valence-corrected chi connectivity index (χ1v) is 3.68. The molecule has 0 aliphatic carbocycles. The van der Waals surface area contributed by atoms with Crippen molar-refractivity contribution in [3.63, 3.8) is 0 Å². The minimum Gasteiger partial charge on any atom is -0.378 e. The molecular weight excluding hydrogens is 152 g/mol. The molecule has 12 heavy (non-hydrogen) atoms. The lowest BCUT2D eigenvalue weighted by Crippen LogP contribution is -2.37. The fourth-order valence-corrected chi connectivity index (χ4v) is 0.923. The SMILES string of the molecule is CN(C)c1ccc(N(N)N)cc1. The van der Waals surface area contributed by atoms with Gasteiger partial charge < -0.3 is 4.90 Å². The summed E-state index contributed by atoms with van der Waals surface area (Å²) < 4.78 is 0. The molecule has 1 aromatic rings. The summed E-state index contributed by atoms with van der Waals surface area (Å²) in [6.07, 6.45) is 0. The molecule has 0 amide bonds. The van der Waals surface area contributed by atoms with Crippen molar-refractivity contribution in [3.05, 3.63) is 24.3 Å². The van der Waals surface area contributed by atoms with E-state index in [1.807, 2.05) is 43.3 Å². The van der Waals surface area contributed by atoms with E-state index in [0.717, 1.165) is 16.5 Å². The number of hydrazine groups is 2. The largest absolute Gasteiger partial charge is 0.378 e. The maximum absolute atomic E-state index is 5.34. The van der Waals surface area contributed by atoms with Crippen molar-refractivity contribution in [2.45, 2.75) is 0 Å². The Bertz CT molecular complexity index is 213. The van der Waals surface area contributed by atoms with E-state index in [-0.39, 0.29) is 0 Å². The molecule has 66 valence electrons. The van der Waals surface area contributed by atoms with Crippen LogP contribution in [-0.2, 0) is 0 Å². The molecule has 0 spiro atoms. The van der Waals surface area contributed by atoms with Gasteiger partial charge in [-0.2, -0.15) is 0 Å². The molecule has 0 aromatic heterocycles. The quantitative estimate of drug-likeness (QED) is 0.490. The van der Waals surface area contributed by atoms with Gasteiger partial charge in [0.1, 0.15) is 0 Å². The second-order valence-corrected chi connectivity index (χ2v) is 2.82. The summed E-state index contributed by atoms with van der Waals surface area (Å²) in [6, 6.07) is 7.66. The van der Waals surface area contributed by atoms with Crippen molar-refractivity contribution in [2.75, 3.05) is 24.1 Å². The molecule has 0 aliphatic heterocycles. The summed E-state index contributed by atoms with van der Waals surface area (Å²) >= 11 is 0. The zero-order chi connectivity index (χ0) is 9.14. The fourth-order valence-electron chi connectivity index (χ4n) is 0.923. The standard InChI is InChI=1S/C8H14N4/c1-11(2)7-3-5-8(6-4-7)12(9)10/h3-6H,9-10H2,1-2H3. The Balaban J connectivity index is 2.86. The smallest absolute Gasteiger partial charge is 0.0698 e. The predicted octanol–water partition coefficient (Wildman–Crippen LogP) is 0.306. The molecule has 1 rings (SSSR count). The van der Waals surface area contributed by atoms with Gasteiger partial charge in [0.2, 0.25) is 0 Å². The van der Waals surface area contributed by atoms with Crippen LogP contribution in [0.4, 0.5) is 11.4 Å². The predicted molar refractivity (Wildman–Crippen MR) is 51.6 cm³/mol. The van der Waals surface area contributed by atoms with E-state index in [9.17, 15) is 0 Å². The lowest BCUT2D eigenvalue weighted by Gasteiger charge is -2.15. The minimum absolute atomic E-state index is 0.792. The zero-order valence-corrected chi connectivity index (χ0v) is 7.36. The third kappa shape index (κ3) is 1.87. The van der Waals surface area contributed by atoms with Gasteiger partial charge >= 0.3 is 0 Å². The van der Waals surface area contributed by atoms with E-state index in [1.165, 1.54) is 0 Å². The van der Waals surface area contributed by atoms with E-state index in [4.69, 9.17) is 11.7 Å². The Labute approximate surface area is 72.3 Å². The molecule has 0 unspecified atom stereocenters. The Kier molecular flexibility index (Phi) is 2.52. The monoisotopic (exact) mass is 166 g/mol. The van der Waals surface area contributed by atoms with Crippen LogP contribution in [0, 0.1) is 0 Å². The molecule has 0 heterocycles. The van der Waals surface area contributed by atoms with Gasteiger partial charge in [-0.15, -0.1) is 0 Å². The van der Waals surface area contributed by atoms with Crippen molar-refractivity contribution < 1.29 is 0 Å². The number of anilines is 2. The van der Waals surface area contributed by atoms with E-state index in [2.05, 4.69) is 0 Å². The molecule has 0 aliphatic rings. The van der Waals surface area contributed by atoms with Gasteiger partial charge in [-0.25, -0.2) is 16.8 Å². The molecular formula is C8H14N4. The molecule has 4 heteroatoms. The lowest BCUT2D eigenvalue weighted by molar-refractivity contribution is 0.924. The number of nitrogens with two attached hydrogens (primary N) is 2. The van der Waals surface area contributed by atoms with Crippen LogP contribution in [0.5, 0.6) is 0 Å². The van der Waals surface area contributed by atoms with E-state index >= 15 is 0 Å². The van der Waals surface area contributed by atoms with Gasteiger partial charge in [0, 0.05) is 19.8 Å². The van der Waals surface area contributed by atoms with Gasteiger partial charge in [0.25, 0.3) is 0 Å². The fraction of sp³-hybridized carbons (Fsp3) is 0.250. The van der Waals surface area contributed by atoms with Crippen molar-refractivity contribution >= 4 is 11.4 Å². The molecule has 0 fully saturated rings. The average molecular weight is 166 g/mol. The zero-order valence-electron chi connectivity index (χ0n) is 7.36. The summed E-state index contributed by atoms with van der Waals surface area (Å²) in [5, 5.41) is 1.10. The van der Waals surface area contributed by atoms with Crippen LogP contribution in [0.1, 0.15) is 0 Å². The second kappa shape index (κ2) is 3.42. The molecule has 1 aromatic carbocycles. The Morgan fingerprint density at radius 3 is 1.67 bits per heavy atom. The van der Waals surface area contributed by atoms with Gasteiger partial charge in [-0.1, -0.05) is 0 Å². The van der Waals surface area contributed by atoms with Gasteiger partial charge in [-0.05, 0) is 24.3 Å². The maximum Gasteiger partial charge on any atom is 0.0698 e. The average Bonchev–Trinajstić information content (AvgIpc) is 2.04. The highest BCUT2D eigenvalue weighted by atomic mass is 15.6. The third-order valence-electron chi connectivity index (χ3n) is 1.66. The first kappa shape index (κ1) is 8.83. The van der Waals surface area contributed by atoms with E-state index < -0.39 is 0 Å². The van der Waals surface area contributed by atoms with E-state index in [0.29, 0.717) is 0 Å². The Hall–Kier alpha value is -1.26. The van der Waals surface area contributed by atoms with Crippen LogP contribution in [0.2, 0.25) is 0 Å². The van der Waals surface area contributed by atoms with Crippen LogP contribution in [-0.4, -0.2) is 14.1 Å². The lowest BCUT2D eigenvalue weighted by atomic mass is 10.3. The molecule has 0 saturated carbocycles. The van der Waals surface area contributed by atoms with Crippen molar-refractivity contribution in [2.24, 2.45) is 11.7 Å². The van der Waals surface area contributed by atoms with Gasteiger partial charge in [0.05, 0.1) is 5.69 Å². The highest BCUT2D eigenvalue weighted by molar-refractivity contribution is 5.54. The number of nitrogens with zero attached hydrogens (tertiary/aromatic N) is 2. The molecule has 0 bridgehead atoms. The second-order valence-electron chi connectivity index (χ2n) is 2.82. The van der Waals surface area contributed by atoms with Crippen LogP contribution in [0.15, 0.2) is 24.3 Å². The normalized spacial score (nSPS) is 9.67. The van der Waals surface area contributed by atoms with Gasteiger partial charge in [-0.3, -0.25) is 0 Å². The molecule has 0 atom stereocenters. The Morgan fingerprint density at radius 2 is 1.33 bits per heavy atom. The van der Waals surface area contributed by atoms with Gasteiger partial charge in [0.15, 0.2) is 0 Å². The highest BCUT2D eigenvalue weighted by Crippen LogP contribution is 2.15. The summed E-state index contributed by atoms with van der Waals surface area (Å²) in [6.45, 7) is 0. The molecule has 4 nitrogen and oxygen atoms in total. The van der Waals surface area contributed by atoms with Crippen LogP contribution in [0.25, 0.3) is 0 Å². The number of hydrogen-bond acceptors (Lipinski definition) is 4. The van der Waals surface area contributed by atoms with Crippen LogP contribution >= 0.6 is 0 Å². The number of rotatable bonds is 2. The molecule has 0 saturated heterocycles. The Morgan fingerprint density at radius 1 is 0.917 bits per heavy atom. The molecule has 4 N–H and O–H groups in total. The maximum atomic E-state index is 5.34. The highest BCUT2D eigenvalue weighted by Gasteiger charge is 1.96. The number of benzene rings is 1. The number of hydrogen-bond donors (Lipinski definition) is 2. The summed E-state index contributed by atoms with van der Waals surface area (Å²) in [5.41, 5.74) is 1.92. The summed E-state index contributed by atoms with van der Waals surface area (Å²) in [4.78, 5) is 2.02. The first-order valence-electron chi connectivity index (χ1n) is 3.68. The summed E-state index contributed by atoms with van der Waals surface area (Å²) in [7, 11) is 3.97.